The maximum atomic E-state index is 5.84. The average molecular weight is 323 g/mol. The zero-order valence-corrected chi connectivity index (χ0v) is 12.9. The topological polar surface area (TPSA) is 98.3 Å². The molecule has 0 aliphatic heterocycles. The molecule has 114 valence electrons. The molecule has 0 saturated heterocycles. The van der Waals surface area contributed by atoms with Crippen molar-refractivity contribution in [1.29, 1.82) is 0 Å². The number of rotatable bonds is 4. The Hall–Kier alpha value is -2.87. The van der Waals surface area contributed by atoms with Crippen molar-refractivity contribution in [3.05, 3.63) is 54.4 Å². The van der Waals surface area contributed by atoms with Crippen molar-refractivity contribution in [2.45, 2.75) is 10.6 Å². The van der Waals surface area contributed by atoms with Gasteiger partial charge in [0.15, 0.2) is 0 Å². The van der Waals surface area contributed by atoms with E-state index in [0.29, 0.717) is 11.5 Å². The number of anilines is 1. The third-order valence-corrected chi connectivity index (χ3v) is 4.48. The summed E-state index contributed by atoms with van der Waals surface area (Å²) in [6.45, 7) is 0. The van der Waals surface area contributed by atoms with Crippen molar-refractivity contribution in [3.63, 3.8) is 0 Å². The number of H-pyrrole nitrogens is 1. The van der Waals surface area contributed by atoms with Crippen molar-refractivity contribution in [2.75, 3.05) is 5.73 Å². The van der Waals surface area contributed by atoms with E-state index in [2.05, 4.69) is 37.6 Å². The number of benzene rings is 1. The zero-order chi connectivity index (χ0) is 15.6. The summed E-state index contributed by atoms with van der Waals surface area (Å²) in [5, 5.41) is 15.1. The van der Waals surface area contributed by atoms with Crippen LogP contribution in [-0.2, 0) is 5.75 Å². The van der Waals surface area contributed by atoms with Gasteiger partial charge in [-0.15, -0.1) is 16.9 Å². The molecule has 4 rings (SSSR count). The van der Waals surface area contributed by atoms with Gasteiger partial charge in [-0.1, -0.05) is 18.2 Å². The van der Waals surface area contributed by atoms with Crippen molar-refractivity contribution in [2.24, 2.45) is 0 Å². The number of nitrogens with one attached hydrogen (secondary N) is 1. The zero-order valence-electron chi connectivity index (χ0n) is 12.0. The molecule has 1 aromatic carbocycles. The number of aromatic amines is 1. The van der Waals surface area contributed by atoms with Gasteiger partial charge in [0.1, 0.15) is 11.3 Å². The number of thioether (sulfide) groups is 1. The molecule has 0 spiro atoms. The second-order valence-electron chi connectivity index (χ2n) is 4.91. The lowest BCUT2D eigenvalue weighted by Gasteiger charge is -2.09. The lowest BCUT2D eigenvalue weighted by molar-refractivity contribution is 0.871. The smallest absolute Gasteiger partial charge is 0.204 e. The van der Waals surface area contributed by atoms with E-state index >= 15 is 0 Å². The Labute approximate surface area is 135 Å². The van der Waals surface area contributed by atoms with Gasteiger partial charge in [-0.3, -0.25) is 0 Å². The van der Waals surface area contributed by atoms with E-state index in [1.54, 1.807) is 18.0 Å². The van der Waals surface area contributed by atoms with Crippen LogP contribution in [0.15, 0.2) is 53.7 Å². The predicted octanol–water partition coefficient (Wildman–Crippen LogP) is 2.41. The van der Waals surface area contributed by atoms with Crippen LogP contribution in [0.4, 0.5) is 5.82 Å². The molecule has 0 aliphatic rings. The van der Waals surface area contributed by atoms with E-state index in [0.717, 1.165) is 21.9 Å². The Bertz CT molecular complexity index is 946. The largest absolute Gasteiger partial charge is 0.384 e. The van der Waals surface area contributed by atoms with Crippen LogP contribution in [0.2, 0.25) is 0 Å². The Morgan fingerprint density at radius 2 is 2.09 bits per heavy atom. The first-order chi connectivity index (χ1) is 11.3. The van der Waals surface area contributed by atoms with Crippen molar-refractivity contribution >= 4 is 28.7 Å². The molecular formula is C15H13N7S. The second kappa shape index (κ2) is 5.73. The molecule has 0 atom stereocenters. The summed E-state index contributed by atoms with van der Waals surface area (Å²) in [6, 6.07) is 11.9. The SMILES string of the molecule is Nc1cc(SCc2ccccc2-n2cccn2)c2n[nH]nc2n1. The van der Waals surface area contributed by atoms with Gasteiger partial charge in [0.25, 0.3) is 0 Å². The van der Waals surface area contributed by atoms with Crippen LogP contribution in [0, 0.1) is 0 Å². The number of fused-ring (bicyclic) bond motifs is 1. The van der Waals surface area contributed by atoms with Crippen LogP contribution >= 0.6 is 11.8 Å². The van der Waals surface area contributed by atoms with E-state index in [4.69, 9.17) is 5.73 Å². The number of para-hydroxylation sites is 1. The number of hydrogen-bond acceptors (Lipinski definition) is 6. The molecule has 3 heterocycles. The fourth-order valence-electron chi connectivity index (χ4n) is 2.36. The molecule has 23 heavy (non-hydrogen) atoms. The van der Waals surface area contributed by atoms with Gasteiger partial charge in [0, 0.05) is 23.0 Å². The third-order valence-electron chi connectivity index (χ3n) is 3.40. The number of aromatic nitrogens is 6. The van der Waals surface area contributed by atoms with E-state index in [-0.39, 0.29) is 0 Å². The molecule has 4 aromatic rings. The molecule has 8 heteroatoms. The summed E-state index contributed by atoms with van der Waals surface area (Å²) in [4.78, 5) is 5.11. The standard InChI is InChI=1S/C15H13N7S/c16-13-8-12(14-15(18-13)20-21-19-14)23-9-10-4-1-2-5-11(10)22-7-3-6-17-22/h1-8H,9H2,(H3,16,18,19,20,21). The highest BCUT2D eigenvalue weighted by Gasteiger charge is 2.11. The summed E-state index contributed by atoms with van der Waals surface area (Å²) in [5.74, 6) is 1.20. The average Bonchev–Trinajstić information content (AvgIpc) is 3.24. The molecule has 0 bridgehead atoms. The Balaban J connectivity index is 1.66. The number of nitrogens with two attached hydrogens (primary N) is 1. The number of hydrogen-bond donors (Lipinski definition) is 2. The molecular weight excluding hydrogens is 310 g/mol. The summed E-state index contributed by atoms with van der Waals surface area (Å²) in [6.07, 6.45) is 3.70. The van der Waals surface area contributed by atoms with Crippen molar-refractivity contribution < 1.29 is 0 Å². The summed E-state index contributed by atoms with van der Waals surface area (Å²) >= 11 is 1.65. The van der Waals surface area contributed by atoms with E-state index in [1.165, 1.54) is 5.56 Å². The first-order valence-electron chi connectivity index (χ1n) is 6.99. The highest BCUT2D eigenvalue weighted by molar-refractivity contribution is 7.98. The van der Waals surface area contributed by atoms with Crippen molar-refractivity contribution in [3.8, 4) is 5.69 Å². The Morgan fingerprint density at radius 1 is 1.17 bits per heavy atom. The summed E-state index contributed by atoms with van der Waals surface area (Å²) in [7, 11) is 0. The molecule has 0 fully saturated rings. The monoisotopic (exact) mass is 323 g/mol. The molecule has 0 radical (unpaired) electrons. The highest BCUT2D eigenvalue weighted by atomic mass is 32.2. The van der Waals surface area contributed by atoms with E-state index in [9.17, 15) is 0 Å². The van der Waals surface area contributed by atoms with Gasteiger partial charge in [-0.05, 0) is 23.8 Å². The van der Waals surface area contributed by atoms with E-state index < -0.39 is 0 Å². The number of nitrogens with zero attached hydrogens (tertiary/aromatic N) is 5. The molecule has 7 nitrogen and oxygen atoms in total. The minimum Gasteiger partial charge on any atom is -0.384 e. The molecule has 0 aliphatic carbocycles. The molecule has 3 aromatic heterocycles. The maximum absolute atomic E-state index is 5.84. The summed E-state index contributed by atoms with van der Waals surface area (Å²) in [5.41, 5.74) is 9.34. The minimum atomic E-state index is 0.439. The fourth-order valence-corrected chi connectivity index (χ4v) is 3.39. The lowest BCUT2D eigenvalue weighted by atomic mass is 10.2. The Kier molecular flexibility index (Phi) is 3.43. The Morgan fingerprint density at radius 3 is 2.96 bits per heavy atom. The predicted molar refractivity (Wildman–Crippen MR) is 89.2 cm³/mol. The number of nitrogen functional groups attached to an aromatic ring is 1. The van der Waals surface area contributed by atoms with Gasteiger partial charge >= 0.3 is 0 Å². The van der Waals surface area contributed by atoms with Gasteiger partial charge in [0.05, 0.1) is 5.69 Å². The van der Waals surface area contributed by atoms with Crippen LogP contribution in [-0.4, -0.2) is 30.2 Å². The third kappa shape index (κ3) is 2.64. The maximum Gasteiger partial charge on any atom is 0.204 e. The molecule has 3 N–H and O–H groups in total. The normalized spacial score (nSPS) is 11.1. The summed E-state index contributed by atoms with van der Waals surface area (Å²) < 4.78 is 1.86. The first-order valence-corrected chi connectivity index (χ1v) is 7.97. The number of pyridine rings is 1. The van der Waals surface area contributed by atoms with E-state index in [1.807, 2.05) is 35.1 Å². The van der Waals surface area contributed by atoms with Crippen LogP contribution < -0.4 is 5.73 Å². The van der Waals surface area contributed by atoms with Crippen LogP contribution in [0.5, 0.6) is 0 Å². The highest BCUT2D eigenvalue weighted by Crippen LogP contribution is 2.30. The minimum absolute atomic E-state index is 0.439. The van der Waals surface area contributed by atoms with Crippen LogP contribution in [0.1, 0.15) is 5.56 Å². The van der Waals surface area contributed by atoms with Gasteiger partial charge in [-0.2, -0.15) is 15.4 Å². The molecule has 0 amide bonds. The van der Waals surface area contributed by atoms with Crippen LogP contribution in [0.3, 0.4) is 0 Å². The fraction of sp³-hybridized carbons (Fsp3) is 0.0667. The lowest BCUT2D eigenvalue weighted by Crippen LogP contribution is -1.99. The van der Waals surface area contributed by atoms with Crippen molar-refractivity contribution in [1.82, 2.24) is 30.2 Å². The quantitative estimate of drug-likeness (QED) is 0.560. The second-order valence-corrected chi connectivity index (χ2v) is 5.93. The molecule has 0 unspecified atom stereocenters. The first kappa shape index (κ1) is 13.8. The molecule has 0 saturated carbocycles. The van der Waals surface area contributed by atoms with Gasteiger partial charge in [-0.25, -0.2) is 9.67 Å². The van der Waals surface area contributed by atoms with Gasteiger partial charge < -0.3 is 5.73 Å². The van der Waals surface area contributed by atoms with Crippen LogP contribution in [0.25, 0.3) is 16.9 Å². The van der Waals surface area contributed by atoms with Gasteiger partial charge in [0.2, 0.25) is 5.65 Å².